The maximum Gasteiger partial charge on any atom is 0.269 e. The van der Waals surface area contributed by atoms with Crippen LogP contribution >= 0.6 is 0 Å². The van der Waals surface area contributed by atoms with E-state index < -0.39 is 4.92 Å². The summed E-state index contributed by atoms with van der Waals surface area (Å²) in [5, 5.41) is 18.7. The minimum Gasteiger partial charge on any atom is -0.496 e. The van der Waals surface area contributed by atoms with Gasteiger partial charge in [-0.05, 0) is 35.9 Å². The summed E-state index contributed by atoms with van der Waals surface area (Å²) in [6.07, 6.45) is 4.52. The number of hydrogen-bond acceptors (Lipinski definition) is 7. The zero-order valence-electron chi connectivity index (χ0n) is 13.8. The fourth-order valence-electron chi connectivity index (χ4n) is 2.20. The van der Waals surface area contributed by atoms with Gasteiger partial charge in [-0.3, -0.25) is 10.1 Å². The van der Waals surface area contributed by atoms with Gasteiger partial charge < -0.3 is 9.47 Å². The van der Waals surface area contributed by atoms with Gasteiger partial charge >= 0.3 is 0 Å². The van der Waals surface area contributed by atoms with Crippen LogP contribution in [0, 0.1) is 10.1 Å². The van der Waals surface area contributed by atoms with Crippen LogP contribution in [0.25, 0.3) is 0 Å². The molecule has 26 heavy (non-hydrogen) atoms. The fraction of sp³-hybridized carbons (Fsp3) is 0.118. The third-order valence-electron chi connectivity index (χ3n) is 3.48. The lowest BCUT2D eigenvalue weighted by atomic mass is 10.1. The largest absolute Gasteiger partial charge is 0.496 e. The van der Waals surface area contributed by atoms with Crippen molar-refractivity contribution in [2.24, 2.45) is 5.10 Å². The first-order chi connectivity index (χ1) is 12.7. The van der Waals surface area contributed by atoms with Crippen molar-refractivity contribution in [3.63, 3.8) is 0 Å². The van der Waals surface area contributed by atoms with E-state index in [0.717, 1.165) is 11.1 Å². The summed E-state index contributed by atoms with van der Waals surface area (Å²) in [6, 6.07) is 11.5. The number of non-ortho nitro benzene ring substituents is 1. The number of nitro benzene ring substituents is 1. The minimum absolute atomic E-state index is 0.0150. The van der Waals surface area contributed by atoms with Crippen molar-refractivity contribution < 1.29 is 14.4 Å². The second kappa shape index (κ2) is 7.88. The molecule has 0 fully saturated rings. The molecule has 0 saturated heterocycles. The summed E-state index contributed by atoms with van der Waals surface area (Å²) in [6.45, 7) is 0.242. The highest BCUT2D eigenvalue weighted by Gasteiger charge is 2.07. The van der Waals surface area contributed by atoms with Crippen molar-refractivity contribution in [1.82, 2.24) is 14.9 Å². The molecular weight excluding hydrogens is 338 g/mol. The Balaban J connectivity index is 1.73. The first-order valence-corrected chi connectivity index (χ1v) is 7.59. The molecule has 0 aliphatic rings. The molecule has 0 spiro atoms. The molecule has 9 nitrogen and oxygen atoms in total. The summed E-state index contributed by atoms with van der Waals surface area (Å²) in [7, 11) is 1.58. The van der Waals surface area contributed by atoms with Crippen molar-refractivity contribution in [3.05, 3.63) is 76.4 Å². The lowest BCUT2D eigenvalue weighted by molar-refractivity contribution is -0.384. The molecule has 2 aromatic carbocycles. The van der Waals surface area contributed by atoms with Gasteiger partial charge in [-0.1, -0.05) is 0 Å². The zero-order chi connectivity index (χ0) is 18.4. The van der Waals surface area contributed by atoms with Crippen LogP contribution in [0.2, 0.25) is 0 Å². The van der Waals surface area contributed by atoms with E-state index in [1.165, 1.54) is 29.6 Å². The van der Waals surface area contributed by atoms with Crippen LogP contribution < -0.4 is 9.47 Å². The highest BCUT2D eigenvalue weighted by atomic mass is 16.6. The summed E-state index contributed by atoms with van der Waals surface area (Å²) in [5.41, 5.74) is 1.67. The Morgan fingerprint density at radius 3 is 2.73 bits per heavy atom. The highest BCUT2D eigenvalue weighted by molar-refractivity contribution is 5.80. The molecule has 0 aliphatic carbocycles. The van der Waals surface area contributed by atoms with Crippen molar-refractivity contribution in [1.29, 1.82) is 0 Å². The van der Waals surface area contributed by atoms with Gasteiger partial charge in [-0.2, -0.15) is 5.10 Å². The molecule has 3 rings (SSSR count). The number of methoxy groups -OCH3 is 1. The average Bonchev–Trinajstić information content (AvgIpc) is 3.18. The van der Waals surface area contributed by atoms with Crippen molar-refractivity contribution in [2.75, 3.05) is 7.11 Å². The maximum atomic E-state index is 10.7. The van der Waals surface area contributed by atoms with Crippen LogP contribution in [0.15, 0.2) is 60.2 Å². The molecule has 0 unspecified atom stereocenters. The van der Waals surface area contributed by atoms with Crippen LogP contribution in [0.1, 0.15) is 11.1 Å². The molecule has 132 valence electrons. The SMILES string of the molecule is COc1ccc(/C=N\n2cncn2)cc1COc1ccc([N+](=O)[O-])cc1. The molecule has 0 bridgehead atoms. The van der Waals surface area contributed by atoms with Gasteiger partial charge in [0.2, 0.25) is 0 Å². The molecule has 1 heterocycles. The van der Waals surface area contributed by atoms with Crippen LogP contribution in [0.3, 0.4) is 0 Å². The number of rotatable bonds is 7. The lowest BCUT2D eigenvalue weighted by Gasteiger charge is -2.11. The monoisotopic (exact) mass is 353 g/mol. The number of ether oxygens (including phenoxy) is 2. The fourth-order valence-corrected chi connectivity index (χ4v) is 2.20. The molecule has 0 aliphatic heterocycles. The lowest BCUT2D eigenvalue weighted by Crippen LogP contribution is -2.00. The first kappa shape index (κ1) is 17.1. The van der Waals surface area contributed by atoms with E-state index in [1.807, 2.05) is 18.2 Å². The number of nitro groups is 1. The van der Waals surface area contributed by atoms with Crippen molar-refractivity contribution in [3.8, 4) is 11.5 Å². The number of hydrogen-bond donors (Lipinski definition) is 0. The second-order valence-electron chi connectivity index (χ2n) is 5.17. The van der Waals surface area contributed by atoms with Crippen molar-refractivity contribution in [2.45, 2.75) is 6.61 Å². The molecule has 0 radical (unpaired) electrons. The molecular formula is C17H15N5O4. The van der Waals surface area contributed by atoms with Gasteiger partial charge in [0.15, 0.2) is 0 Å². The van der Waals surface area contributed by atoms with Crippen LogP contribution in [0.4, 0.5) is 5.69 Å². The van der Waals surface area contributed by atoms with Gasteiger partial charge in [0.1, 0.15) is 30.8 Å². The Bertz CT molecular complexity index is 907. The molecule has 0 saturated carbocycles. The maximum absolute atomic E-state index is 10.7. The Kier molecular flexibility index (Phi) is 5.18. The smallest absolute Gasteiger partial charge is 0.269 e. The second-order valence-corrected chi connectivity index (χ2v) is 5.17. The predicted octanol–water partition coefficient (Wildman–Crippen LogP) is 2.66. The standard InChI is InChI=1S/C17H15N5O4/c1-25-17-7-2-13(9-19-21-12-18-11-20-21)8-14(17)10-26-16-5-3-15(4-6-16)22(23)24/h2-9,11-12H,10H2,1H3/b19-9-. The number of nitrogens with zero attached hydrogens (tertiary/aromatic N) is 5. The summed E-state index contributed by atoms with van der Waals surface area (Å²) < 4.78 is 11.0. The Labute approximate surface area is 148 Å². The summed E-state index contributed by atoms with van der Waals surface area (Å²) in [4.78, 5) is 15.4. The first-order valence-electron chi connectivity index (χ1n) is 7.59. The number of aromatic nitrogens is 3. The van der Waals surface area contributed by atoms with E-state index in [2.05, 4.69) is 15.2 Å². The van der Waals surface area contributed by atoms with Crippen LogP contribution in [-0.4, -0.2) is 33.1 Å². The van der Waals surface area contributed by atoms with E-state index >= 15 is 0 Å². The Hall–Kier alpha value is -3.75. The number of benzene rings is 2. The minimum atomic E-state index is -0.454. The van der Waals surface area contributed by atoms with E-state index in [-0.39, 0.29) is 12.3 Å². The molecule has 0 amide bonds. The predicted molar refractivity (Wildman–Crippen MR) is 93.4 cm³/mol. The van der Waals surface area contributed by atoms with E-state index in [4.69, 9.17) is 9.47 Å². The van der Waals surface area contributed by atoms with Gasteiger partial charge in [0.05, 0.1) is 18.2 Å². The van der Waals surface area contributed by atoms with Gasteiger partial charge in [0.25, 0.3) is 5.69 Å². The quantitative estimate of drug-likeness (QED) is 0.367. The average molecular weight is 353 g/mol. The summed E-state index contributed by atoms with van der Waals surface area (Å²) >= 11 is 0. The topological polar surface area (TPSA) is 105 Å². The van der Waals surface area contributed by atoms with Crippen LogP contribution in [-0.2, 0) is 6.61 Å². The summed E-state index contributed by atoms with van der Waals surface area (Å²) in [5.74, 6) is 1.20. The zero-order valence-corrected chi connectivity index (χ0v) is 13.8. The molecule has 9 heteroatoms. The molecule has 0 atom stereocenters. The van der Waals surface area contributed by atoms with Crippen LogP contribution in [0.5, 0.6) is 11.5 Å². The highest BCUT2D eigenvalue weighted by Crippen LogP contribution is 2.23. The van der Waals surface area contributed by atoms with Crippen molar-refractivity contribution >= 4 is 11.9 Å². The molecule has 1 aromatic heterocycles. The molecule has 3 aromatic rings. The van der Waals surface area contributed by atoms with Gasteiger partial charge in [-0.15, -0.1) is 9.89 Å². The van der Waals surface area contributed by atoms with Gasteiger partial charge in [0, 0.05) is 17.7 Å². The van der Waals surface area contributed by atoms with Gasteiger partial charge in [-0.25, -0.2) is 4.98 Å². The normalized spacial score (nSPS) is 10.8. The third-order valence-corrected chi connectivity index (χ3v) is 3.48. The Morgan fingerprint density at radius 2 is 2.08 bits per heavy atom. The van der Waals surface area contributed by atoms with E-state index in [0.29, 0.717) is 11.5 Å². The van der Waals surface area contributed by atoms with E-state index in [1.54, 1.807) is 25.5 Å². The third kappa shape index (κ3) is 4.20. The molecule has 0 N–H and O–H groups in total. The Morgan fingerprint density at radius 1 is 1.27 bits per heavy atom. The van der Waals surface area contributed by atoms with E-state index in [9.17, 15) is 10.1 Å².